The predicted octanol–water partition coefficient (Wildman–Crippen LogP) is 3.81. The fourth-order valence-electron chi connectivity index (χ4n) is 1.29. The van der Waals surface area contributed by atoms with Crippen molar-refractivity contribution in [2.24, 2.45) is 0 Å². The van der Waals surface area contributed by atoms with Crippen molar-refractivity contribution in [2.75, 3.05) is 0 Å². The molecule has 0 N–H and O–H groups in total. The van der Waals surface area contributed by atoms with Crippen molar-refractivity contribution in [2.45, 2.75) is 26.7 Å². The molecule has 0 saturated heterocycles. The van der Waals surface area contributed by atoms with Crippen molar-refractivity contribution in [3.05, 3.63) is 41.2 Å². The molecular weight excluding hydrogens is 163 g/mol. The highest BCUT2D eigenvalue weighted by Crippen LogP contribution is 2.13. The summed E-state index contributed by atoms with van der Waals surface area (Å²) < 4.78 is 12.8. The van der Waals surface area contributed by atoms with Gasteiger partial charge in [-0.1, -0.05) is 32.1 Å². The van der Waals surface area contributed by atoms with E-state index >= 15 is 0 Å². The molecule has 0 aliphatic rings. The van der Waals surface area contributed by atoms with Crippen LogP contribution >= 0.6 is 0 Å². The molecule has 1 heteroatoms. The third kappa shape index (κ3) is 2.69. The molecule has 0 aliphatic carbocycles. The molecule has 13 heavy (non-hydrogen) atoms. The van der Waals surface area contributed by atoms with E-state index in [2.05, 4.69) is 19.1 Å². The molecule has 0 bridgehead atoms. The van der Waals surface area contributed by atoms with Gasteiger partial charge in [-0.05, 0) is 36.1 Å². The van der Waals surface area contributed by atoms with E-state index in [4.69, 9.17) is 0 Å². The van der Waals surface area contributed by atoms with Crippen LogP contribution in [0.2, 0.25) is 0 Å². The van der Waals surface area contributed by atoms with Gasteiger partial charge in [-0.2, -0.15) is 0 Å². The van der Waals surface area contributed by atoms with Gasteiger partial charge in [-0.3, -0.25) is 0 Å². The van der Waals surface area contributed by atoms with E-state index in [0.29, 0.717) is 0 Å². The van der Waals surface area contributed by atoms with Crippen LogP contribution in [0.25, 0.3) is 6.08 Å². The number of benzene rings is 1. The van der Waals surface area contributed by atoms with Gasteiger partial charge in [0.05, 0.1) is 0 Å². The molecule has 70 valence electrons. The summed E-state index contributed by atoms with van der Waals surface area (Å²) in [4.78, 5) is 0. The second-order valence-corrected chi connectivity index (χ2v) is 3.01. The predicted molar refractivity (Wildman–Crippen MR) is 55.1 cm³/mol. The second kappa shape index (κ2) is 4.80. The average molecular weight is 178 g/mol. The smallest absolute Gasteiger partial charge is 0.123 e. The lowest BCUT2D eigenvalue weighted by atomic mass is 10.0. The van der Waals surface area contributed by atoms with E-state index in [1.54, 1.807) is 6.07 Å². The SMILES string of the molecule is CCC=Cc1ccc(F)cc1CC. The summed E-state index contributed by atoms with van der Waals surface area (Å²) in [7, 11) is 0. The van der Waals surface area contributed by atoms with E-state index in [0.717, 1.165) is 24.0 Å². The minimum Gasteiger partial charge on any atom is -0.207 e. The van der Waals surface area contributed by atoms with E-state index in [-0.39, 0.29) is 5.82 Å². The molecule has 0 fully saturated rings. The summed E-state index contributed by atoms with van der Waals surface area (Å²) in [5.74, 6) is -0.148. The van der Waals surface area contributed by atoms with Gasteiger partial charge >= 0.3 is 0 Å². The van der Waals surface area contributed by atoms with Crippen LogP contribution in [0, 0.1) is 5.82 Å². The topological polar surface area (TPSA) is 0 Å². The molecule has 0 amide bonds. The molecule has 1 rings (SSSR count). The Bertz CT molecular complexity index is 300. The first-order valence-electron chi connectivity index (χ1n) is 4.73. The second-order valence-electron chi connectivity index (χ2n) is 3.01. The molecule has 0 unspecified atom stereocenters. The molecule has 0 aromatic heterocycles. The quantitative estimate of drug-likeness (QED) is 0.660. The summed E-state index contributed by atoms with van der Waals surface area (Å²) in [6, 6.07) is 4.95. The summed E-state index contributed by atoms with van der Waals surface area (Å²) >= 11 is 0. The van der Waals surface area contributed by atoms with Crippen molar-refractivity contribution in [1.82, 2.24) is 0 Å². The number of allylic oxidation sites excluding steroid dienone is 1. The molecule has 0 spiro atoms. The molecule has 0 aliphatic heterocycles. The molecule has 1 aromatic rings. The number of aryl methyl sites for hydroxylation is 1. The highest BCUT2D eigenvalue weighted by molar-refractivity contribution is 5.53. The van der Waals surface area contributed by atoms with Crippen molar-refractivity contribution >= 4 is 6.08 Å². The molecule has 0 saturated carbocycles. The Morgan fingerprint density at radius 3 is 2.69 bits per heavy atom. The Balaban J connectivity index is 2.99. The molecule has 0 heterocycles. The third-order valence-corrected chi connectivity index (χ3v) is 2.02. The van der Waals surface area contributed by atoms with Gasteiger partial charge in [0.25, 0.3) is 0 Å². The lowest BCUT2D eigenvalue weighted by Crippen LogP contribution is -1.87. The number of rotatable bonds is 3. The van der Waals surface area contributed by atoms with Crippen molar-refractivity contribution in [3.63, 3.8) is 0 Å². The largest absolute Gasteiger partial charge is 0.207 e. The maximum Gasteiger partial charge on any atom is 0.123 e. The Morgan fingerprint density at radius 1 is 1.31 bits per heavy atom. The van der Waals surface area contributed by atoms with Gasteiger partial charge in [-0.25, -0.2) is 4.39 Å². The van der Waals surface area contributed by atoms with Crippen LogP contribution in [-0.2, 0) is 6.42 Å². The lowest BCUT2D eigenvalue weighted by Gasteiger charge is -2.02. The molecule has 0 nitrogen and oxygen atoms in total. The normalized spacial score (nSPS) is 11.0. The maximum atomic E-state index is 12.8. The number of halogens is 1. The highest BCUT2D eigenvalue weighted by Gasteiger charge is 1.98. The molecular formula is C12H15F. The van der Waals surface area contributed by atoms with Gasteiger partial charge in [0.15, 0.2) is 0 Å². The fourth-order valence-corrected chi connectivity index (χ4v) is 1.29. The van der Waals surface area contributed by atoms with Crippen LogP contribution in [0.5, 0.6) is 0 Å². The third-order valence-electron chi connectivity index (χ3n) is 2.02. The summed E-state index contributed by atoms with van der Waals surface area (Å²) in [6.07, 6.45) is 6.03. The first-order valence-corrected chi connectivity index (χ1v) is 4.73. The Kier molecular flexibility index (Phi) is 3.69. The average Bonchev–Trinajstić information content (AvgIpc) is 2.16. The van der Waals surface area contributed by atoms with Crippen molar-refractivity contribution < 1.29 is 4.39 Å². The zero-order valence-electron chi connectivity index (χ0n) is 8.18. The lowest BCUT2D eigenvalue weighted by molar-refractivity contribution is 0.625. The van der Waals surface area contributed by atoms with Gasteiger partial charge in [0, 0.05) is 0 Å². The monoisotopic (exact) mass is 178 g/mol. The first kappa shape index (κ1) is 9.97. The Labute approximate surface area is 79.1 Å². The van der Waals surface area contributed by atoms with E-state index in [9.17, 15) is 4.39 Å². The van der Waals surface area contributed by atoms with Crippen molar-refractivity contribution in [1.29, 1.82) is 0 Å². The van der Waals surface area contributed by atoms with Crippen LogP contribution in [0.4, 0.5) is 4.39 Å². The highest BCUT2D eigenvalue weighted by atomic mass is 19.1. The number of hydrogen-bond acceptors (Lipinski definition) is 0. The van der Waals surface area contributed by atoms with Crippen LogP contribution in [-0.4, -0.2) is 0 Å². The minimum atomic E-state index is -0.148. The first-order chi connectivity index (χ1) is 6.27. The molecule has 1 aromatic carbocycles. The van der Waals surface area contributed by atoms with Crippen LogP contribution < -0.4 is 0 Å². The zero-order chi connectivity index (χ0) is 9.68. The van der Waals surface area contributed by atoms with Gasteiger partial charge in [0.1, 0.15) is 5.82 Å². The number of hydrogen-bond donors (Lipinski definition) is 0. The maximum absolute atomic E-state index is 12.8. The van der Waals surface area contributed by atoms with Gasteiger partial charge in [0.2, 0.25) is 0 Å². The Morgan fingerprint density at radius 2 is 2.08 bits per heavy atom. The van der Waals surface area contributed by atoms with Crippen LogP contribution in [0.3, 0.4) is 0 Å². The van der Waals surface area contributed by atoms with E-state index in [1.807, 2.05) is 13.0 Å². The van der Waals surface area contributed by atoms with E-state index < -0.39 is 0 Å². The standard InChI is InChI=1S/C12H15F/c1-3-5-6-11-7-8-12(13)9-10(11)4-2/h5-9H,3-4H2,1-2H3. The van der Waals surface area contributed by atoms with Gasteiger partial charge in [-0.15, -0.1) is 0 Å². The van der Waals surface area contributed by atoms with Crippen LogP contribution in [0.15, 0.2) is 24.3 Å². The fraction of sp³-hybridized carbons (Fsp3) is 0.333. The van der Waals surface area contributed by atoms with E-state index in [1.165, 1.54) is 6.07 Å². The molecule has 0 atom stereocenters. The van der Waals surface area contributed by atoms with Gasteiger partial charge < -0.3 is 0 Å². The Hall–Kier alpha value is -1.11. The summed E-state index contributed by atoms with van der Waals surface area (Å²) in [5.41, 5.74) is 2.20. The zero-order valence-corrected chi connectivity index (χ0v) is 8.18. The molecule has 0 radical (unpaired) electrons. The van der Waals surface area contributed by atoms with Crippen molar-refractivity contribution in [3.8, 4) is 0 Å². The van der Waals surface area contributed by atoms with Crippen LogP contribution in [0.1, 0.15) is 31.4 Å². The summed E-state index contributed by atoms with van der Waals surface area (Å²) in [5, 5.41) is 0. The summed E-state index contributed by atoms with van der Waals surface area (Å²) in [6.45, 7) is 4.13. The minimum absolute atomic E-state index is 0.148.